The van der Waals surface area contributed by atoms with E-state index in [0.29, 0.717) is 18.1 Å². The van der Waals surface area contributed by atoms with Gasteiger partial charge in [-0.1, -0.05) is 16.5 Å². The molecule has 0 aliphatic heterocycles. The summed E-state index contributed by atoms with van der Waals surface area (Å²) in [5, 5.41) is 10.6. The monoisotopic (exact) mass is 290 g/mol. The molecule has 98 valence electrons. The molecule has 2 heterocycles. The Morgan fingerprint density at radius 2 is 2.22 bits per heavy atom. The first-order chi connectivity index (χ1) is 8.47. The van der Waals surface area contributed by atoms with E-state index in [9.17, 15) is 8.42 Å². The van der Waals surface area contributed by atoms with Gasteiger partial charge in [0.1, 0.15) is 0 Å². The Balaban J connectivity index is 1.93. The highest BCUT2D eigenvalue weighted by molar-refractivity contribution is 7.91. The van der Waals surface area contributed by atoms with Crippen molar-refractivity contribution < 1.29 is 12.9 Å². The van der Waals surface area contributed by atoms with Gasteiger partial charge in [0.05, 0.1) is 0 Å². The van der Waals surface area contributed by atoms with Crippen molar-refractivity contribution in [3.8, 4) is 0 Å². The second kappa shape index (κ2) is 4.96. The molecule has 0 aliphatic carbocycles. The molecule has 0 aromatic carbocycles. The van der Waals surface area contributed by atoms with Crippen LogP contribution in [0.25, 0.3) is 0 Å². The molecule has 0 saturated heterocycles. The topological polar surface area (TPSA) is 137 Å². The first-order valence-electron chi connectivity index (χ1n) is 4.85. The molecular weight excluding hydrogens is 280 g/mol. The molecule has 2 rings (SSSR count). The van der Waals surface area contributed by atoms with Crippen molar-refractivity contribution in [2.24, 2.45) is 0 Å². The summed E-state index contributed by atoms with van der Waals surface area (Å²) in [6, 6.07) is 0. The quantitative estimate of drug-likeness (QED) is 0.739. The lowest BCUT2D eigenvalue weighted by Gasteiger charge is -2.00. The average Bonchev–Trinajstić information content (AvgIpc) is 2.88. The molecular formula is C7H10N6O3S2. The lowest BCUT2D eigenvalue weighted by molar-refractivity contribution is 0.387. The van der Waals surface area contributed by atoms with Crippen LogP contribution in [0.15, 0.2) is 8.86 Å². The lowest BCUT2D eigenvalue weighted by Crippen LogP contribution is -2.26. The van der Waals surface area contributed by atoms with Crippen molar-refractivity contribution in [2.45, 2.75) is 17.7 Å². The highest BCUT2D eigenvalue weighted by Crippen LogP contribution is 2.16. The summed E-state index contributed by atoms with van der Waals surface area (Å²) in [6.45, 7) is 1.80. The molecule has 2 aromatic heterocycles. The molecule has 0 aliphatic rings. The number of aryl methyl sites for hydroxylation is 1. The molecule has 0 spiro atoms. The van der Waals surface area contributed by atoms with Gasteiger partial charge in [-0.05, 0) is 0 Å². The van der Waals surface area contributed by atoms with E-state index >= 15 is 0 Å². The van der Waals surface area contributed by atoms with Gasteiger partial charge in [0.15, 0.2) is 5.82 Å². The number of nitrogens with one attached hydrogen (secondary N) is 1. The summed E-state index contributed by atoms with van der Waals surface area (Å²) in [7, 11) is -3.67. The normalized spacial score (nSPS) is 11.8. The number of nitrogens with zero attached hydrogens (tertiary/aromatic N) is 4. The van der Waals surface area contributed by atoms with Gasteiger partial charge in [-0.2, -0.15) is 4.98 Å². The summed E-state index contributed by atoms with van der Waals surface area (Å²) >= 11 is 0.800. The molecule has 9 nitrogen and oxygen atoms in total. The Hall–Kier alpha value is -1.59. The SMILES string of the molecule is Cc1nc(CCNS(=O)(=O)c2nnc(N)s2)no1. The van der Waals surface area contributed by atoms with Gasteiger partial charge in [-0.25, -0.2) is 13.1 Å². The molecule has 3 N–H and O–H groups in total. The van der Waals surface area contributed by atoms with Gasteiger partial charge in [0, 0.05) is 19.9 Å². The minimum absolute atomic E-state index is 0.101. The van der Waals surface area contributed by atoms with Gasteiger partial charge >= 0.3 is 0 Å². The number of rotatable bonds is 5. The molecule has 0 bridgehead atoms. The van der Waals surface area contributed by atoms with E-state index in [1.165, 1.54) is 0 Å². The van der Waals surface area contributed by atoms with Crippen LogP contribution < -0.4 is 10.5 Å². The van der Waals surface area contributed by atoms with Crippen molar-refractivity contribution in [2.75, 3.05) is 12.3 Å². The third-order valence-electron chi connectivity index (χ3n) is 1.86. The van der Waals surface area contributed by atoms with Crippen LogP contribution in [0.2, 0.25) is 0 Å². The zero-order valence-corrected chi connectivity index (χ0v) is 11.0. The van der Waals surface area contributed by atoms with Crippen LogP contribution in [-0.4, -0.2) is 35.3 Å². The van der Waals surface area contributed by atoms with E-state index in [-0.39, 0.29) is 16.0 Å². The maximum Gasteiger partial charge on any atom is 0.269 e. The number of nitrogen functional groups attached to an aromatic ring is 1. The van der Waals surface area contributed by atoms with Crippen LogP contribution >= 0.6 is 11.3 Å². The van der Waals surface area contributed by atoms with Crippen LogP contribution in [0.4, 0.5) is 5.13 Å². The van der Waals surface area contributed by atoms with Crippen LogP contribution in [0.1, 0.15) is 11.7 Å². The molecule has 0 atom stereocenters. The second-order valence-electron chi connectivity index (χ2n) is 3.28. The Bertz CT molecular complexity index is 633. The molecule has 11 heteroatoms. The van der Waals surface area contributed by atoms with Crippen molar-refractivity contribution in [1.82, 2.24) is 25.1 Å². The van der Waals surface area contributed by atoms with Crippen LogP contribution in [0.3, 0.4) is 0 Å². The van der Waals surface area contributed by atoms with Gasteiger partial charge in [-0.3, -0.25) is 0 Å². The second-order valence-corrected chi connectivity index (χ2v) is 6.23. The average molecular weight is 290 g/mol. The molecule has 0 unspecified atom stereocenters. The van der Waals surface area contributed by atoms with E-state index in [4.69, 9.17) is 10.3 Å². The number of hydrogen-bond donors (Lipinski definition) is 2. The fraction of sp³-hybridized carbons (Fsp3) is 0.429. The minimum Gasteiger partial charge on any atom is -0.374 e. The molecule has 2 aromatic rings. The van der Waals surface area contributed by atoms with Gasteiger partial charge in [0.2, 0.25) is 15.4 Å². The maximum atomic E-state index is 11.7. The first-order valence-corrected chi connectivity index (χ1v) is 7.15. The Morgan fingerprint density at radius 1 is 1.44 bits per heavy atom. The van der Waals surface area contributed by atoms with Gasteiger partial charge in [-0.15, -0.1) is 10.2 Å². The summed E-state index contributed by atoms with van der Waals surface area (Å²) in [5.74, 6) is 0.872. The fourth-order valence-corrected chi connectivity index (χ4v) is 2.99. The maximum absolute atomic E-state index is 11.7. The van der Waals surface area contributed by atoms with Crippen LogP contribution in [-0.2, 0) is 16.4 Å². The Labute approximate surface area is 106 Å². The fourth-order valence-electron chi connectivity index (χ4n) is 1.13. The van der Waals surface area contributed by atoms with Crippen molar-refractivity contribution in [1.29, 1.82) is 0 Å². The summed E-state index contributed by atoms with van der Waals surface area (Å²) in [6.07, 6.45) is 0.324. The van der Waals surface area contributed by atoms with Gasteiger partial charge in [0.25, 0.3) is 10.0 Å². The molecule has 0 saturated carbocycles. The van der Waals surface area contributed by atoms with Gasteiger partial charge < -0.3 is 10.3 Å². The van der Waals surface area contributed by atoms with Crippen molar-refractivity contribution >= 4 is 26.5 Å². The number of sulfonamides is 1. The predicted molar refractivity (Wildman–Crippen MR) is 62.2 cm³/mol. The van der Waals surface area contributed by atoms with E-state index < -0.39 is 10.0 Å². The van der Waals surface area contributed by atoms with Crippen LogP contribution in [0, 0.1) is 6.92 Å². The predicted octanol–water partition coefficient (Wildman–Crippen LogP) is -0.667. The third kappa shape index (κ3) is 3.00. The standard InChI is InChI=1S/C7H10N6O3S2/c1-4-10-5(13-16-4)2-3-9-18(14,15)7-12-11-6(8)17-7/h9H,2-3H2,1H3,(H2,8,11). The number of hydrogen-bond acceptors (Lipinski definition) is 9. The highest BCUT2D eigenvalue weighted by atomic mass is 32.2. The highest BCUT2D eigenvalue weighted by Gasteiger charge is 2.19. The Morgan fingerprint density at radius 3 is 2.78 bits per heavy atom. The molecule has 18 heavy (non-hydrogen) atoms. The zero-order chi connectivity index (χ0) is 13.2. The van der Waals surface area contributed by atoms with Crippen molar-refractivity contribution in [3.63, 3.8) is 0 Å². The lowest BCUT2D eigenvalue weighted by atomic mass is 10.4. The summed E-state index contributed by atoms with van der Waals surface area (Å²) < 4.78 is 30.4. The molecule has 0 fully saturated rings. The molecule has 0 amide bonds. The van der Waals surface area contributed by atoms with Crippen molar-refractivity contribution in [3.05, 3.63) is 11.7 Å². The largest absolute Gasteiger partial charge is 0.374 e. The molecule has 0 radical (unpaired) electrons. The zero-order valence-electron chi connectivity index (χ0n) is 9.32. The number of anilines is 1. The minimum atomic E-state index is -3.67. The first kappa shape index (κ1) is 12.9. The van der Waals surface area contributed by atoms with E-state index in [0.717, 1.165) is 11.3 Å². The third-order valence-corrected chi connectivity index (χ3v) is 4.44. The number of aromatic nitrogens is 4. The van der Waals surface area contributed by atoms with Crippen LogP contribution in [0.5, 0.6) is 0 Å². The summed E-state index contributed by atoms with van der Waals surface area (Å²) in [5.41, 5.74) is 5.32. The summed E-state index contributed by atoms with van der Waals surface area (Å²) in [4.78, 5) is 3.95. The Kier molecular flexibility index (Phi) is 3.54. The van der Waals surface area contributed by atoms with E-state index in [1.807, 2.05) is 0 Å². The number of nitrogens with two attached hydrogens (primary N) is 1. The smallest absolute Gasteiger partial charge is 0.269 e. The van der Waals surface area contributed by atoms with E-state index in [2.05, 4.69) is 25.1 Å². The van der Waals surface area contributed by atoms with E-state index in [1.54, 1.807) is 6.92 Å².